The van der Waals surface area contributed by atoms with E-state index >= 15 is 0 Å². The molecule has 0 unspecified atom stereocenters. The number of aromatic nitrogens is 4. The number of fused-ring (bicyclic) bond motifs is 1. The minimum atomic E-state index is -0.337. The maximum atomic E-state index is 13.0. The van der Waals surface area contributed by atoms with Crippen LogP contribution in [0.25, 0.3) is 11.2 Å². The van der Waals surface area contributed by atoms with Crippen molar-refractivity contribution in [3.05, 3.63) is 62.6 Å². The van der Waals surface area contributed by atoms with Crippen molar-refractivity contribution in [2.24, 2.45) is 14.1 Å². The SMILES string of the molecule is CC[C@@H]1CCCCN1Cc1nc2c(c(=O)n(C)c(=O)n2C)n1CCc1ccccc1. The van der Waals surface area contributed by atoms with E-state index in [0.717, 1.165) is 25.2 Å². The summed E-state index contributed by atoms with van der Waals surface area (Å²) in [5, 5.41) is 0. The Morgan fingerprint density at radius 3 is 2.57 bits per heavy atom. The number of benzene rings is 1. The van der Waals surface area contributed by atoms with Crippen LogP contribution in [0.4, 0.5) is 0 Å². The van der Waals surface area contributed by atoms with E-state index in [1.165, 1.54) is 41.0 Å². The van der Waals surface area contributed by atoms with E-state index in [1.54, 1.807) is 7.05 Å². The lowest BCUT2D eigenvalue weighted by molar-refractivity contribution is 0.131. The lowest BCUT2D eigenvalue weighted by Crippen LogP contribution is -2.39. The summed E-state index contributed by atoms with van der Waals surface area (Å²) in [4.78, 5) is 32.8. The molecule has 3 aromatic rings. The predicted molar refractivity (Wildman–Crippen MR) is 119 cm³/mol. The monoisotopic (exact) mass is 409 g/mol. The van der Waals surface area contributed by atoms with Crippen molar-refractivity contribution < 1.29 is 0 Å². The third-order valence-corrected chi connectivity index (χ3v) is 6.46. The molecule has 160 valence electrons. The zero-order valence-corrected chi connectivity index (χ0v) is 18.2. The molecule has 1 aliphatic rings. The van der Waals surface area contributed by atoms with Crippen molar-refractivity contribution in [1.29, 1.82) is 0 Å². The van der Waals surface area contributed by atoms with Crippen LogP contribution in [-0.2, 0) is 33.6 Å². The van der Waals surface area contributed by atoms with Crippen molar-refractivity contribution in [3.63, 3.8) is 0 Å². The molecule has 0 saturated carbocycles. The molecule has 1 fully saturated rings. The molecule has 0 aliphatic carbocycles. The molecule has 0 amide bonds. The number of hydrogen-bond acceptors (Lipinski definition) is 4. The molecular weight excluding hydrogens is 378 g/mol. The molecule has 0 N–H and O–H groups in total. The number of rotatable bonds is 6. The van der Waals surface area contributed by atoms with Crippen molar-refractivity contribution in [3.8, 4) is 0 Å². The van der Waals surface area contributed by atoms with Gasteiger partial charge < -0.3 is 4.57 Å². The van der Waals surface area contributed by atoms with Crippen LogP contribution >= 0.6 is 0 Å². The van der Waals surface area contributed by atoms with Gasteiger partial charge in [-0.1, -0.05) is 43.7 Å². The Morgan fingerprint density at radius 1 is 1.07 bits per heavy atom. The molecule has 2 aromatic heterocycles. The second-order valence-electron chi connectivity index (χ2n) is 8.32. The number of likely N-dealkylation sites (tertiary alicyclic amines) is 1. The molecule has 1 atom stereocenters. The van der Waals surface area contributed by atoms with E-state index in [4.69, 9.17) is 4.98 Å². The highest BCUT2D eigenvalue weighted by Gasteiger charge is 2.25. The third kappa shape index (κ3) is 3.74. The van der Waals surface area contributed by atoms with Crippen LogP contribution < -0.4 is 11.2 Å². The summed E-state index contributed by atoms with van der Waals surface area (Å²) in [6, 6.07) is 10.8. The average molecular weight is 410 g/mol. The maximum absolute atomic E-state index is 13.0. The van der Waals surface area contributed by atoms with Crippen LogP contribution in [0.15, 0.2) is 39.9 Å². The van der Waals surface area contributed by atoms with Gasteiger partial charge in [0.25, 0.3) is 5.56 Å². The van der Waals surface area contributed by atoms with Gasteiger partial charge in [0, 0.05) is 26.7 Å². The van der Waals surface area contributed by atoms with Crippen molar-refractivity contribution in [1.82, 2.24) is 23.6 Å². The standard InChI is InChI=1S/C23H31N5O2/c1-4-18-12-8-9-14-27(18)16-19-24-21-20(22(29)26(3)23(30)25(21)2)28(19)15-13-17-10-6-5-7-11-17/h5-7,10-11,18H,4,8-9,12-16H2,1-3H3/t18-/m1/s1. The second kappa shape index (κ2) is 8.60. The first-order valence-electron chi connectivity index (χ1n) is 10.9. The molecule has 0 bridgehead atoms. The largest absolute Gasteiger partial charge is 0.332 e. The summed E-state index contributed by atoms with van der Waals surface area (Å²) < 4.78 is 4.72. The Hall–Kier alpha value is -2.67. The van der Waals surface area contributed by atoms with E-state index in [2.05, 4.69) is 24.0 Å². The molecule has 30 heavy (non-hydrogen) atoms. The molecule has 4 rings (SSSR count). The average Bonchev–Trinajstić information content (AvgIpc) is 3.14. The Kier molecular flexibility index (Phi) is 5.90. The highest BCUT2D eigenvalue weighted by molar-refractivity contribution is 5.71. The zero-order chi connectivity index (χ0) is 21.3. The van der Waals surface area contributed by atoms with Gasteiger partial charge in [-0.05, 0) is 37.8 Å². The Bertz CT molecular complexity index is 1140. The maximum Gasteiger partial charge on any atom is 0.332 e. The first kappa shape index (κ1) is 20.6. The number of aryl methyl sites for hydroxylation is 3. The van der Waals surface area contributed by atoms with Gasteiger partial charge in [0.05, 0.1) is 6.54 Å². The molecule has 1 saturated heterocycles. The van der Waals surface area contributed by atoms with E-state index in [1.807, 2.05) is 22.8 Å². The molecule has 3 heterocycles. The quantitative estimate of drug-likeness (QED) is 0.627. The summed E-state index contributed by atoms with van der Waals surface area (Å²) >= 11 is 0. The van der Waals surface area contributed by atoms with Gasteiger partial charge in [0.15, 0.2) is 11.2 Å². The summed E-state index contributed by atoms with van der Waals surface area (Å²) in [6.45, 7) is 4.66. The van der Waals surface area contributed by atoms with E-state index in [0.29, 0.717) is 30.3 Å². The second-order valence-corrected chi connectivity index (χ2v) is 8.32. The minimum absolute atomic E-state index is 0.273. The van der Waals surface area contributed by atoms with Crippen LogP contribution in [0.5, 0.6) is 0 Å². The van der Waals surface area contributed by atoms with E-state index in [-0.39, 0.29) is 11.2 Å². The third-order valence-electron chi connectivity index (χ3n) is 6.46. The van der Waals surface area contributed by atoms with Crippen LogP contribution in [0.1, 0.15) is 44.0 Å². The van der Waals surface area contributed by atoms with Crippen LogP contribution in [0, 0.1) is 0 Å². The van der Waals surface area contributed by atoms with Crippen molar-refractivity contribution in [2.75, 3.05) is 6.54 Å². The Labute approximate surface area is 176 Å². The molecular formula is C23H31N5O2. The zero-order valence-electron chi connectivity index (χ0n) is 18.2. The van der Waals surface area contributed by atoms with Gasteiger partial charge in [0.1, 0.15) is 5.82 Å². The summed E-state index contributed by atoms with van der Waals surface area (Å²) in [5.74, 6) is 0.875. The fourth-order valence-electron chi connectivity index (χ4n) is 4.65. The van der Waals surface area contributed by atoms with Gasteiger partial charge >= 0.3 is 5.69 Å². The predicted octanol–water partition coefficient (Wildman–Crippen LogP) is 2.44. The van der Waals surface area contributed by atoms with Gasteiger partial charge in [-0.15, -0.1) is 0 Å². The molecule has 0 radical (unpaired) electrons. The summed E-state index contributed by atoms with van der Waals surface area (Å²) in [6.07, 6.45) is 5.60. The van der Waals surface area contributed by atoms with Crippen molar-refractivity contribution in [2.45, 2.75) is 58.2 Å². The first-order valence-corrected chi connectivity index (χ1v) is 10.9. The van der Waals surface area contributed by atoms with E-state index in [9.17, 15) is 9.59 Å². The Morgan fingerprint density at radius 2 is 1.83 bits per heavy atom. The number of piperidine rings is 1. The molecule has 0 spiro atoms. The van der Waals surface area contributed by atoms with Crippen LogP contribution in [-0.4, -0.2) is 36.2 Å². The van der Waals surface area contributed by atoms with Gasteiger partial charge in [-0.2, -0.15) is 0 Å². The van der Waals surface area contributed by atoms with Gasteiger partial charge in [0.2, 0.25) is 0 Å². The highest BCUT2D eigenvalue weighted by atomic mass is 16.2. The minimum Gasteiger partial charge on any atom is -0.321 e. The lowest BCUT2D eigenvalue weighted by Gasteiger charge is -2.34. The fourth-order valence-corrected chi connectivity index (χ4v) is 4.65. The van der Waals surface area contributed by atoms with Crippen LogP contribution in [0.3, 0.4) is 0 Å². The Balaban J connectivity index is 1.79. The first-order chi connectivity index (χ1) is 14.5. The number of nitrogens with zero attached hydrogens (tertiary/aromatic N) is 5. The molecule has 1 aromatic carbocycles. The van der Waals surface area contributed by atoms with Gasteiger partial charge in [-0.25, -0.2) is 9.78 Å². The van der Waals surface area contributed by atoms with Crippen LogP contribution in [0.2, 0.25) is 0 Å². The van der Waals surface area contributed by atoms with Gasteiger partial charge in [-0.3, -0.25) is 18.8 Å². The highest BCUT2D eigenvalue weighted by Crippen LogP contribution is 2.23. The lowest BCUT2D eigenvalue weighted by atomic mass is 10.00. The normalized spacial score (nSPS) is 17.6. The molecule has 7 nitrogen and oxygen atoms in total. The fraction of sp³-hybridized carbons (Fsp3) is 0.522. The number of hydrogen-bond donors (Lipinski definition) is 0. The summed E-state index contributed by atoms with van der Waals surface area (Å²) in [5.41, 5.74) is 1.62. The topological polar surface area (TPSA) is 65.1 Å². The number of imidazole rings is 1. The smallest absolute Gasteiger partial charge is 0.321 e. The van der Waals surface area contributed by atoms with Crippen molar-refractivity contribution >= 4 is 11.2 Å². The molecule has 1 aliphatic heterocycles. The molecule has 7 heteroatoms. The van der Waals surface area contributed by atoms with E-state index < -0.39 is 0 Å². The summed E-state index contributed by atoms with van der Waals surface area (Å²) in [7, 11) is 3.23.